The van der Waals surface area contributed by atoms with Crippen LogP contribution in [-0.2, 0) is 4.74 Å². The molecule has 2 atom stereocenters. The summed E-state index contributed by atoms with van der Waals surface area (Å²) in [5.41, 5.74) is 0. The van der Waals surface area contributed by atoms with Gasteiger partial charge in [0.25, 0.3) is 0 Å². The first kappa shape index (κ1) is 13.9. The van der Waals surface area contributed by atoms with Crippen molar-refractivity contribution in [2.24, 2.45) is 5.92 Å². The van der Waals surface area contributed by atoms with E-state index in [4.69, 9.17) is 4.74 Å². The van der Waals surface area contributed by atoms with Crippen molar-refractivity contribution >= 4 is 0 Å². The quantitative estimate of drug-likeness (QED) is 0.749. The number of nitrogens with one attached hydrogen (secondary N) is 1. The van der Waals surface area contributed by atoms with Gasteiger partial charge in [0.05, 0.1) is 12.7 Å². The fraction of sp³-hybridized carbons (Fsp3) is 1.00. The molecular weight excluding hydrogens is 200 g/mol. The van der Waals surface area contributed by atoms with Gasteiger partial charge < -0.3 is 15.0 Å². The summed E-state index contributed by atoms with van der Waals surface area (Å²) in [5, 5.41) is 3.62. The highest BCUT2D eigenvalue weighted by molar-refractivity contribution is 4.79. The van der Waals surface area contributed by atoms with Crippen molar-refractivity contribution in [1.29, 1.82) is 0 Å². The van der Waals surface area contributed by atoms with Gasteiger partial charge in [-0.1, -0.05) is 26.7 Å². The van der Waals surface area contributed by atoms with Crippen molar-refractivity contribution in [1.82, 2.24) is 10.2 Å². The molecule has 16 heavy (non-hydrogen) atoms. The van der Waals surface area contributed by atoms with Crippen molar-refractivity contribution in [2.75, 3.05) is 33.3 Å². The molecule has 1 aliphatic heterocycles. The van der Waals surface area contributed by atoms with E-state index in [2.05, 4.69) is 38.0 Å². The van der Waals surface area contributed by atoms with Crippen LogP contribution >= 0.6 is 0 Å². The van der Waals surface area contributed by atoms with Gasteiger partial charge in [-0.05, 0) is 26.4 Å². The molecule has 0 saturated carbocycles. The molecule has 0 aliphatic carbocycles. The molecule has 3 nitrogen and oxygen atoms in total. The minimum atomic E-state index is 0.355. The fourth-order valence-corrected chi connectivity index (χ4v) is 2.17. The van der Waals surface area contributed by atoms with Crippen LogP contribution in [0.25, 0.3) is 0 Å². The fourth-order valence-electron chi connectivity index (χ4n) is 2.17. The third kappa shape index (κ3) is 4.40. The molecule has 1 N–H and O–H groups in total. The average Bonchev–Trinajstić information content (AvgIpc) is 2.30. The zero-order valence-electron chi connectivity index (χ0n) is 11.3. The van der Waals surface area contributed by atoms with Crippen molar-refractivity contribution in [3.63, 3.8) is 0 Å². The lowest BCUT2D eigenvalue weighted by atomic mass is 10.0. The molecule has 1 heterocycles. The van der Waals surface area contributed by atoms with Gasteiger partial charge in [0, 0.05) is 19.1 Å². The lowest BCUT2D eigenvalue weighted by molar-refractivity contribution is -0.0358. The summed E-state index contributed by atoms with van der Waals surface area (Å²) >= 11 is 0. The molecule has 0 spiro atoms. The van der Waals surface area contributed by atoms with Crippen LogP contribution in [0.3, 0.4) is 0 Å². The van der Waals surface area contributed by atoms with E-state index in [0.717, 1.165) is 32.2 Å². The predicted molar refractivity (Wildman–Crippen MR) is 68.8 cm³/mol. The van der Waals surface area contributed by atoms with Gasteiger partial charge in [-0.15, -0.1) is 0 Å². The van der Waals surface area contributed by atoms with E-state index >= 15 is 0 Å². The number of ether oxygens (including phenoxy) is 1. The van der Waals surface area contributed by atoms with Crippen LogP contribution in [0.1, 0.15) is 33.6 Å². The Bertz CT molecular complexity index is 183. The highest BCUT2D eigenvalue weighted by Crippen LogP contribution is 2.10. The lowest BCUT2D eigenvalue weighted by Crippen LogP contribution is -2.50. The highest BCUT2D eigenvalue weighted by Gasteiger charge is 2.23. The Morgan fingerprint density at radius 1 is 1.38 bits per heavy atom. The zero-order chi connectivity index (χ0) is 12.0. The SMILES string of the molecule is CCC(CC)CNC(C)C1CN(C)CCO1. The third-order valence-corrected chi connectivity index (χ3v) is 3.74. The number of likely N-dealkylation sites (N-methyl/N-ethyl adjacent to an activating group) is 1. The monoisotopic (exact) mass is 228 g/mol. The van der Waals surface area contributed by atoms with Gasteiger partial charge in [0.2, 0.25) is 0 Å². The Morgan fingerprint density at radius 2 is 2.06 bits per heavy atom. The normalized spacial score (nSPS) is 24.9. The second-order valence-corrected chi connectivity index (χ2v) is 5.05. The van der Waals surface area contributed by atoms with E-state index in [1.54, 1.807) is 0 Å². The molecule has 0 bridgehead atoms. The molecule has 1 aliphatic rings. The van der Waals surface area contributed by atoms with Crippen LogP contribution in [0.15, 0.2) is 0 Å². The minimum Gasteiger partial charge on any atom is -0.374 e. The summed E-state index contributed by atoms with van der Waals surface area (Å²) < 4.78 is 5.81. The summed E-state index contributed by atoms with van der Waals surface area (Å²) in [6.45, 7) is 10.9. The van der Waals surface area contributed by atoms with E-state index in [0.29, 0.717) is 12.1 Å². The molecule has 0 aromatic rings. The first-order valence-corrected chi connectivity index (χ1v) is 6.70. The molecule has 0 aromatic heterocycles. The Kier molecular flexibility index (Phi) is 6.32. The van der Waals surface area contributed by atoms with Crippen LogP contribution in [0.4, 0.5) is 0 Å². The molecule has 96 valence electrons. The van der Waals surface area contributed by atoms with Gasteiger partial charge in [0.1, 0.15) is 0 Å². The van der Waals surface area contributed by atoms with Crippen molar-refractivity contribution in [3.05, 3.63) is 0 Å². The standard InChI is InChI=1S/C13H28N2O/c1-5-12(6-2)9-14-11(3)13-10-15(4)7-8-16-13/h11-14H,5-10H2,1-4H3. The molecule has 3 heteroatoms. The van der Waals surface area contributed by atoms with Crippen molar-refractivity contribution in [3.8, 4) is 0 Å². The number of hydrogen-bond acceptors (Lipinski definition) is 3. The van der Waals surface area contributed by atoms with Crippen LogP contribution in [0.5, 0.6) is 0 Å². The Balaban J connectivity index is 2.25. The van der Waals surface area contributed by atoms with Crippen LogP contribution in [0, 0.1) is 5.92 Å². The second-order valence-electron chi connectivity index (χ2n) is 5.05. The predicted octanol–water partition coefficient (Wildman–Crippen LogP) is 1.73. The lowest BCUT2D eigenvalue weighted by Gasteiger charge is -2.34. The molecule has 1 saturated heterocycles. The Morgan fingerprint density at radius 3 is 2.62 bits per heavy atom. The Labute approximate surface area is 101 Å². The van der Waals surface area contributed by atoms with E-state index in [1.165, 1.54) is 12.8 Å². The summed E-state index contributed by atoms with van der Waals surface area (Å²) in [6, 6.07) is 0.461. The number of rotatable bonds is 6. The second kappa shape index (κ2) is 7.25. The largest absolute Gasteiger partial charge is 0.374 e. The maximum Gasteiger partial charge on any atom is 0.0852 e. The van der Waals surface area contributed by atoms with Crippen LogP contribution in [0.2, 0.25) is 0 Å². The molecule has 2 unspecified atom stereocenters. The zero-order valence-corrected chi connectivity index (χ0v) is 11.3. The van der Waals surface area contributed by atoms with Gasteiger partial charge in [0.15, 0.2) is 0 Å². The number of hydrogen-bond donors (Lipinski definition) is 1. The minimum absolute atomic E-state index is 0.355. The van der Waals surface area contributed by atoms with Gasteiger partial charge in [-0.3, -0.25) is 0 Å². The van der Waals surface area contributed by atoms with Crippen LogP contribution < -0.4 is 5.32 Å². The van der Waals surface area contributed by atoms with Crippen molar-refractivity contribution in [2.45, 2.75) is 45.8 Å². The third-order valence-electron chi connectivity index (χ3n) is 3.74. The maximum absolute atomic E-state index is 5.81. The number of nitrogens with zero attached hydrogens (tertiary/aromatic N) is 1. The molecule has 1 rings (SSSR count). The molecule has 0 aromatic carbocycles. The van der Waals surface area contributed by atoms with E-state index < -0.39 is 0 Å². The van der Waals surface area contributed by atoms with E-state index in [9.17, 15) is 0 Å². The molecular formula is C13H28N2O. The van der Waals surface area contributed by atoms with Gasteiger partial charge in [-0.2, -0.15) is 0 Å². The maximum atomic E-state index is 5.81. The topological polar surface area (TPSA) is 24.5 Å². The smallest absolute Gasteiger partial charge is 0.0852 e. The first-order chi connectivity index (χ1) is 7.67. The van der Waals surface area contributed by atoms with Crippen molar-refractivity contribution < 1.29 is 4.74 Å². The summed E-state index contributed by atoms with van der Waals surface area (Å²) in [7, 11) is 2.17. The molecule has 1 fully saturated rings. The van der Waals surface area contributed by atoms with E-state index in [1.807, 2.05) is 0 Å². The molecule has 0 radical (unpaired) electrons. The highest BCUT2D eigenvalue weighted by atomic mass is 16.5. The first-order valence-electron chi connectivity index (χ1n) is 6.70. The Hall–Kier alpha value is -0.120. The number of morpholine rings is 1. The van der Waals surface area contributed by atoms with Gasteiger partial charge >= 0.3 is 0 Å². The van der Waals surface area contributed by atoms with Gasteiger partial charge in [-0.25, -0.2) is 0 Å². The summed E-state index contributed by atoms with van der Waals surface area (Å²) in [5.74, 6) is 0.809. The van der Waals surface area contributed by atoms with E-state index in [-0.39, 0.29) is 0 Å². The molecule has 0 amide bonds. The summed E-state index contributed by atoms with van der Waals surface area (Å²) in [6.07, 6.45) is 2.89. The average molecular weight is 228 g/mol. The summed E-state index contributed by atoms with van der Waals surface area (Å²) in [4.78, 5) is 2.35. The van der Waals surface area contributed by atoms with Crippen LogP contribution in [-0.4, -0.2) is 50.3 Å².